The van der Waals surface area contributed by atoms with E-state index in [4.69, 9.17) is 4.84 Å². The van der Waals surface area contributed by atoms with Crippen LogP contribution >= 0.6 is 0 Å². The lowest BCUT2D eigenvalue weighted by Crippen LogP contribution is -2.61. The van der Waals surface area contributed by atoms with E-state index in [1.807, 2.05) is 0 Å². The van der Waals surface area contributed by atoms with Gasteiger partial charge in [-0.25, -0.2) is 4.79 Å². The molecule has 1 aliphatic carbocycles. The number of quaternary nitrogens is 1. The average Bonchev–Trinajstić information content (AvgIpc) is 3.00. The van der Waals surface area contributed by atoms with E-state index in [2.05, 4.69) is 4.90 Å². The SMILES string of the molecule is O=C1CCC(=O)N(CCCC[N+]2(OC(=O)C(F)(F)F)CCN(CC3CCCCC3)CC2)c2ccccc21. The molecule has 2 aliphatic heterocycles. The fourth-order valence-electron chi connectivity index (χ4n) is 5.86. The summed E-state index contributed by atoms with van der Waals surface area (Å²) in [6, 6.07) is 7.01. The van der Waals surface area contributed by atoms with E-state index in [0.717, 1.165) is 6.54 Å². The summed E-state index contributed by atoms with van der Waals surface area (Å²) >= 11 is 0. The number of unbranched alkanes of at least 4 members (excludes halogenated alkanes) is 1. The number of piperazine rings is 1. The lowest BCUT2D eigenvalue weighted by atomic mass is 9.89. The molecule has 0 spiro atoms. The van der Waals surface area contributed by atoms with Crippen molar-refractivity contribution in [3.8, 4) is 0 Å². The first kappa shape index (κ1) is 27.6. The van der Waals surface area contributed by atoms with Gasteiger partial charge in [-0.15, -0.1) is 4.65 Å². The Balaban J connectivity index is 1.36. The van der Waals surface area contributed by atoms with Gasteiger partial charge in [0.2, 0.25) is 5.91 Å². The Kier molecular flexibility index (Phi) is 8.90. The fraction of sp³-hybridized carbons (Fsp3) is 0.667. The Morgan fingerprint density at radius 2 is 1.70 bits per heavy atom. The first-order valence-electron chi connectivity index (χ1n) is 13.5. The van der Waals surface area contributed by atoms with Crippen molar-refractivity contribution in [2.75, 3.05) is 50.7 Å². The number of para-hydroxylation sites is 1. The Morgan fingerprint density at radius 3 is 2.41 bits per heavy atom. The predicted octanol–water partition coefficient (Wildman–Crippen LogP) is 4.51. The molecule has 7 nitrogen and oxygen atoms in total. The number of hydrogen-bond acceptors (Lipinski definition) is 5. The summed E-state index contributed by atoms with van der Waals surface area (Å²) in [4.78, 5) is 45.9. The number of carbonyl (C=O) groups is 3. The first-order valence-corrected chi connectivity index (χ1v) is 13.5. The summed E-state index contributed by atoms with van der Waals surface area (Å²) in [6.07, 6.45) is 2.39. The van der Waals surface area contributed by atoms with Gasteiger partial charge < -0.3 is 4.90 Å². The van der Waals surface area contributed by atoms with E-state index >= 15 is 0 Å². The number of anilines is 1. The number of hydroxylamine groups is 3. The summed E-state index contributed by atoms with van der Waals surface area (Å²) in [6.45, 7) is 3.35. The van der Waals surface area contributed by atoms with Crippen LogP contribution in [0, 0.1) is 5.92 Å². The molecule has 0 aromatic heterocycles. The van der Waals surface area contributed by atoms with Crippen LogP contribution in [0.1, 0.15) is 68.1 Å². The molecule has 0 unspecified atom stereocenters. The van der Waals surface area contributed by atoms with Crippen LogP contribution in [0.2, 0.25) is 0 Å². The zero-order valence-corrected chi connectivity index (χ0v) is 21.3. The van der Waals surface area contributed by atoms with Crippen LogP contribution in [0.3, 0.4) is 0 Å². The Morgan fingerprint density at radius 1 is 1.00 bits per heavy atom. The Hall–Kier alpha value is -2.46. The van der Waals surface area contributed by atoms with Crippen molar-refractivity contribution in [1.29, 1.82) is 0 Å². The normalized spacial score (nSPS) is 21.4. The number of Topliss-reactive ketones (excluding diaryl/α,β-unsaturated/α-hetero) is 1. The zero-order valence-electron chi connectivity index (χ0n) is 21.3. The number of benzene rings is 1. The molecule has 1 amide bonds. The molecule has 10 heteroatoms. The molecule has 2 heterocycles. The predicted molar refractivity (Wildman–Crippen MR) is 132 cm³/mol. The second-order valence-corrected chi connectivity index (χ2v) is 10.6. The van der Waals surface area contributed by atoms with Crippen LogP contribution in [0.5, 0.6) is 0 Å². The molecule has 1 saturated carbocycles. The highest BCUT2D eigenvalue weighted by Gasteiger charge is 2.49. The highest BCUT2D eigenvalue weighted by Crippen LogP contribution is 2.29. The van der Waals surface area contributed by atoms with Crippen LogP contribution in [0.25, 0.3) is 0 Å². The van der Waals surface area contributed by atoms with Crippen LogP contribution in [-0.2, 0) is 14.4 Å². The molecular formula is C27H37F3N3O4+. The third-order valence-electron chi connectivity index (χ3n) is 7.96. The van der Waals surface area contributed by atoms with E-state index in [-0.39, 0.29) is 35.7 Å². The van der Waals surface area contributed by atoms with Crippen molar-refractivity contribution in [2.45, 2.75) is 64.0 Å². The molecule has 0 N–H and O–H groups in total. The zero-order chi connectivity index (χ0) is 26.5. The molecule has 0 atom stereocenters. The summed E-state index contributed by atoms with van der Waals surface area (Å²) < 4.78 is 38.9. The number of carbonyl (C=O) groups excluding carboxylic acids is 3. The van der Waals surface area contributed by atoms with Gasteiger partial charge in [0.25, 0.3) is 0 Å². The third-order valence-corrected chi connectivity index (χ3v) is 7.96. The van der Waals surface area contributed by atoms with Gasteiger partial charge in [-0.05, 0) is 37.3 Å². The second-order valence-electron chi connectivity index (χ2n) is 10.6. The van der Waals surface area contributed by atoms with E-state index in [1.165, 1.54) is 32.1 Å². The molecular weight excluding hydrogens is 487 g/mol. The van der Waals surface area contributed by atoms with Crippen molar-refractivity contribution in [3.05, 3.63) is 29.8 Å². The van der Waals surface area contributed by atoms with Crippen molar-refractivity contribution in [2.24, 2.45) is 5.92 Å². The summed E-state index contributed by atoms with van der Waals surface area (Å²) in [5.41, 5.74) is 1.10. The van der Waals surface area contributed by atoms with E-state index < -0.39 is 12.1 Å². The number of ketones is 1. The molecule has 0 radical (unpaired) electrons. The van der Waals surface area contributed by atoms with Crippen molar-refractivity contribution in [3.63, 3.8) is 0 Å². The van der Waals surface area contributed by atoms with Crippen LogP contribution in [-0.4, -0.2) is 79.2 Å². The van der Waals surface area contributed by atoms with E-state index in [9.17, 15) is 27.6 Å². The van der Waals surface area contributed by atoms with Crippen molar-refractivity contribution >= 4 is 23.3 Å². The molecule has 3 aliphatic rings. The van der Waals surface area contributed by atoms with Crippen LogP contribution in [0.15, 0.2) is 24.3 Å². The summed E-state index contributed by atoms with van der Waals surface area (Å²) in [5, 5.41) is 0. The van der Waals surface area contributed by atoms with Gasteiger partial charge in [0.1, 0.15) is 19.6 Å². The maximum absolute atomic E-state index is 13.1. The number of alkyl halides is 3. The van der Waals surface area contributed by atoms with Crippen molar-refractivity contribution < 1.29 is 37.0 Å². The molecule has 0 bridgehead atoms. The smallest absolute Gasteiger partial charge is 0.312 e. The number of nitrogens with zero attached hydrogens (tertiary/aromatic N) is 3. The highest BCUT2D eigenvalue weighted by atomic mass is 19.4. The first-order chi connectivity index (χ1) is 17.7. The monoisotopic (exact) mass is 524 g/mol. The quantitative estimate of drug-likeness (QED) is 0.370. The fourth-order valence-corrected chi connectivity index (χ4v) is 5.86. The van der Waals surface area contributed by atoms with Gasteiger partial charge in [0.05, 0.1) is 18.8 Å². The highest BCUT2D eigenvalue weighted by molar-refractivity contribution is 6.10. The minimum absolute atomic E-state index is 0.0684. The topological polar surface area (TPSA) is 66.9 Å². The average molecular weight is 525 g/mol. The number of halogens is 3. The van der Waals surface area contributed by atoms with Gasteiger partial charge in [-0.2, -0.15) is 13.2 Å². The number of fused-ring (bicyclic) bond motifs is 1. The standard InChI is InChI=1S/C27H37F3N3O4/c28-27(29,30)26(36)37-33(18-15-31(16-19-33)20-21-8-2-1-3-9-21)17-7-6-14-32-23-11-5-4-10-22(23)24(34)12-13-25(32)35/h4-5,10-11,21H,1-3,6-9,12-20H2/q+1. The lowest BCUT2D eigenvalue weighted by Gasteiger charge is -2.42. The van der Waals surface area contributed by atoms with E-state index in [1.54, 1.807) is 29.2 Å². The van der Waals surface area contributed by atoms with Gasteiger partial charge in [0, 0.05) is 37.9 Å². The van der Waals surface area contributed by atoms with Crippen LogP contribution < -0.4 is 4.90 Å². The van der Waals surface area contributed by atoms with E-state index in [0.29, 0.717) is 62.7 Å². The van der Waals surface area contributed by atoms with Gasteiger partial charge >= 0.3 is 12.1 Å². The number of hydrogen-bond donors (Lipinski definition) is 0. The third kappa shape index (κ3) is 7.10. The summed E-state index contributed by atoms with van der Waals surface area (Å²) in [7, 11) is 0. The molecule has 1 aromatic rings. The van der Waals surface area contributed by atoms with Gasteiger partial charge in [0.15, 0.2) is 5.78 Å². The minimum Gasteiger partial charge on any atom is -0.312 e. The van der Waals surface area contributed by atoms with Crippen molar-refractivity contribution in [1.82, 2.24) is 4.90 Å². The second kappa shape index (κ2) is 11.9. The number of rotatable bonds is 8. The van der Waals surface area contributed by atoms with Crippen LogP contribution in [0.4, 0.5) is 18.9 Å². The Labute approximate surface area is 216 Å². The molecule has 204 valence electrons. The summed E-state index contributed by atoms with van der Waals surface area (Å²) in [5.74, 6) is -1.72. The maximum Gasteiger partial charge on any atom is 0.497 e. The lowest BCUT2D eigenvalue weighted by molar-refractivity contribution is -1.09. The molecule has 2 fully saturated rings. The van der Waals surface area contributed by atoms with Gasteiger partial charge in [-0.1, -0.05) is 31.4 Å². The Bertz CT molecular complexity index is 970. The largest absolute Gasteiger partial charge is 0.497 e. The minimum atomic E-state index is -5.04. The van der Waals surface area contributed by atoms with Gasteiger partial charge in [-0.3, -0.25) is 19.3 Å². The number of amides is 1. The molecule has 4 rings (SSSR count). The maximum atomic E-state index is 13.1. The molecule has 37 heavy (non-hydrogen) atoms. The molecule has 1 aromatic carbocycles. The molecule has 1 saturated heterocycles.